The molecule has 0 aromatic carbocycles. The van der Waals surface area contributed by atoms with Crippen molar-refractivity contribution in [1.29, 1.82) is 0 Å². The minimum atomic E-state index is -0.0700. The molecular formula is C3H7I2In. The van der Waals surface area contributed by atoms with E-state index in [-0.39, 0.29) is 14.6 Å². The molecule has 0 bridgehead atoms. The summed E-state index contributed by atoms with van der Waals surface area (Å²) in [7, 11) is 0. The van der Waals surface area contributed by atoms with E-state index < -0.39 is 0 Å². The molecule has 0 fully saturated rings. The van der Waals surface area contributed by atoms with Crippen molar-refractivity contribution in [1.82, 2.24) is 0 Å². The van der Waals surface area contributed by atoms with E-state index >= 15 is 0 Å². The zero-order valence-corrected chi connectivity index (χ0v) is 12.1. The van der Waals surface area contributed by atoms with Crippen LogP contribution in [-0.4, -0.2) is 14.6 Å². The van der Waals surface area contributed by atoms with Crippen LogP contribution in [0.25, 0.3) is 0 Å². The summed E-state index contributed by atoms with van der Waals surface area (Å²) in [5.74, 6) is 0. The van der Waals surface area contributed by atoms with Crippen LogP contribution in [0.1, 0.15) is 6.92 Å². The van der Waals surface area contributed by atoms with E-state index in [4.69, 9.17) is 0 Å². The van der Waals surface area contributed by atoms with Gasteiger partial charge in [-0.2, -0.15) is 0 Å². The summed E-state index contributed by atoms with van der Waals surface area (Å²) in [6.07, 6.45) is 1.75. The maximum absolute atomic E-state index is 3.36. The van der Waals surface area contributed by atoms with Crippen LogP contribution in [0, 0.1) is 0 Å². The second-order valence-electron chi connectivity index (χ2n) is 0.509. The SMILES string of the molecule is C=CC.[I][InH][I]. The molecule has 0 aromatic rings. The van der Waals surface area contributed by atoms with Gasteiger partial charge >= 0.3 is 50.9 Å². The molecule has 0 saturated carbocycles. The van der Waals surface area contributed by atoms with Gasteiger partial charge in [0.05, 0.1) is 0 Å². The predicted octanol–water partition coefficient (Wildman–Crippen LogP) is 2.32. The van der Waals surface area contributed by atoms with Crippen molar-refractivity contribution in [3.63, 3.8) is 0 Å². The van der Waals surface area contributed by atoms with Crippen LogP contribution in [0.3, 0.4) is 0 Å². The van der Waals surface area contributed by atoms with Gasteiger partial charge in [-0.25, -0.2) is 0 Å². The summed E-state index contributed by atoms with van der Waals surface area (Å²) in [5.41, 5.74) is 0. The van der Waals surface area contributed by atoms with Crippen molar-refractivity contribution < 1.29 is 0 Å². The van der Waals surface area contributed by atoms with E-state index in [1.54, 1.807) is 6.08 Å². The molecule has 0 aliphatic heterocycles. The first-order valence-corrected chi connectivity index (χ1v) is 25.0. The molecule has 36 valence electrons. The number of hydrogen-bond donors (Lipinski definition) is 0. The minimum absolute atomic E-state index is 0.0700. The topological polar surface area (TPSA) is 0 Å². The Morgan fingerprint density at radius 1 is 1.67 bits per heavy atom. The maximum atomic E-state index is 3.36. The standard InChI is InChI=1S/C3H6.2HI.In.H/c1-3-2;;;;/h3H,1H2,2H3;2*1H;;/q;;;+2;/p-2. The monoisotopic (exact) mass is 412 g/mol. The number of rotatable bonds is 0. The van der Waals surface area contributed by atoms with Gasteiger partial charge in [0.25, 0.3) is 0 Å². The third-order valence-electron chi connectivity index (χ3n) is 0. The van der Waals surface area contributed by atoms with Crippen molar-refractivity contribution in [2.24, 2.45) is 0 Å². The first-order valence-electron chi connectivity index (χ1n) is 1.52. The van der Waals surface area contributed by atoms with Crippen molar-refractivity contribution in [3.8, 4) is 0 Å². The Balaban J connectivity index is 0. The molecule has 0 rings (SSSR count). The van der Waals surface area contributed by atoms with Gasteiger partial charge in [0.2, 0.25) is 0 Å². The molecule has 0 aliphatic carbocycles. The molecule has 0 amide bonds. The van der Waals surface area contributed by atoms with E-state index in [2.05, 4.69) is 42.9 Å². The zero-order chi connectivity index (χ0) is 5.41. The first-order chi connectivity index (χ1) is 2.83. The van der Waals surface area contributed by atoms with Crippen molar-refractivity contribution in [2.45, 2.75) is 6.92 Å². The van der Waals surface area contributed by atoms with Crippen LogP contribution in [0.2, 0.25) is 0 Å². The Kier molecular flexibility index (Phi) is 28.7. The third kappa shape index (κ3) is 36.4. The van der Waals surface area contributed by atoms with Gasteiger partial charge in [-0.05, 0) is 6.92 Å². The van der Waals surface area contributed by atoms with Crippen LogP contribution < -0.4 is 0 Å². The van der Waals surface area contributed by atoms with E-state index in [1.165, 1.54) is 0 Å². The average Bonchev–Trinajstić information content (AvgIpc) is 1.39. The van der Waals surface area contributed by atoms with Gasteiger partial charge in [0.1, 0.15) is 0 Å². The fourth-order valence-corrected chi connectivity index (χ4v) is 0. The third-order valence-corrected chi connectivity index (χ3v) is 0. The Bertz CT molecular complexity index is 22.8. The molecule has 3 heteroatoms. The average molecular weight is 412 g/mol. The Morgan fingerprint density at radius 2 is 1.67 bits per heavy atom. The normalized spacial score (nSPS) is 4.50. The van der Waals surface area contributed by atoms with Crippen LogP contribution in [-0.2, 0) is 0 Å². The van der Waals surface area contributed by atoms with E-state index in [1.807, 2.05) is 6.92 Å². The quantitative estimate of drug-likeness (QED) is 0.424. The fourth-order valence-electron chi connectivity index (χ4n) is 0. The predicted molar refractivity (Wildman–Crippen MR) is 51.1 cm³/mol. The summed E-state index contributed by atoms with van der Waals surface area (Å²) in [6, 6.07) is 0. The van der Waals surface area contributed by atoms with Crippen molar-refractivity contribution in [2.75, 3.05) is 0 Å². The van der Waals surface area contributed by atoms with Crippen molar-refractivity contribution >= 4 is 50.9 Å². The Hall–Kier alpha value is 2.07. The molecule has 0 heterocycles. The Morgan fingerprint density at radius 3 is 1.67 bits per heavy atom. The van der Waals surface area contributed by atoms with Crippen LogP contribution in [0.5, 0.6) is 0 Å². The molecule has 6 heavy (non-hydrogen) atoms. The zero-order valence-electron chi connectivity index (χ0n) is 3.75. The van der Waals surface area contributed by atoms with E-state index in [0.29, 0.717) is 0 Å². The first kappa shape index (κ1) is 10.9. The fraction of sp³-hybridized carbons (Fsp3) is 0.333. The van der Waals surface area contributed by atoms with E-state index in [0.717, 1.165) is 0 Å². The van der Waals surface area contributed by atoms with Crippen molar-refractivity contribution in [3.05, 3.63) is 12.7 Å². The molecule has 0 N–H and O–H groups in total. The molecule has 0 radical (unpaired) electrons. The summed E-state index contributed by atoms with van der Waals surface area (Å²) in [4.78, 5) is 0. The molecule has 0 atom stereocenters. The van der Waals surface area contributed by atoms with E-state index in [9.17, 15) is 0 Å². The molecule has 0 nitrogen and oxygen atoms in total. The molecule has 0 spiro atoms. The summed E-state index contributed by atoms with van der Waals surface area (Å²) in [5, 5.41) is 0. The summed E-state index contributed by atoms with van der Waals surface area (Å²) >= 11 is 4.90. The Labute approximate surface area is 69.0 Å². The number of hydrogen-bond acceptors (Lipinski definition) is 0. The molecule has 0 aromatic heterocycles. The van der Waals surface area contributed by atoms with Gasteiger partial charge in [0.15, 0.2) is 0 Å². The van der Waals surface area contributed by atoms with Crippen LogP contribution >= 0.6 is 36.3 Å². The molecule has 0 unspecified atom stereocenters. The molecule has 0 aliphatic rings. The van der Waals surface area contributed by atoms with Crippen LogP contribution in [0.4, 0.5) is 0 Å². The summed E-state index contributed by atoms with van der Waals surface area (Å²) < 4.78 is 0. The summed E-state index contributed by atoms with van der Waals surface area (Å²) in [6.45, 7) is 5.25. The second-order valence-corrected chi connectivity index (χ2v) is 30.9. The number of halogens is 2. The number of allylic oxidation sites excluding steroid dienone is 1. The van der Waals surface area contributed by atoms with Gasteiger partial charge in [-0.1, -0.05) is 6.08 Å². The second kappa shape index (κ2) is 15.7. The van der Waals surface area contributed by atoms with Gasteiger partial charge in [-0.3, -0.25) is 0 Å². The van der Waals surface area contributed by atoms with Gasteiger partial charge < -0.3 is 0 Å². The van der Waals surface area contributed by atoms with Gasteiger partial charge in [-0.15, -0.1) is 6.58 Å². The molecular weight excluding hydrogens is 405 g/mol. The van der Waals surface area contributed by atoms with Gasteiger partial charge in [0, 0.05) is 0 Å². The molecule has 0 saturated heterocycles. The van der Waals surface area contributed by atoms with Crippen LogP contribution in [0.15, 0.2) is 12.7 Å².